The predicted octanol–water partition coefficient (Wildman–Crippen LogP) is 7.58. The second-order valence-electron chi connectivity index (χ2n) is 8.26. The molecule has 2 nitrogen and oxygen atoms in total. The highest BCUT2D eigenvalue weighted by Crippen LogP contribution is 2.39. The number of nitrogens with zero attached hydrogens (tertiary/aromatic N) is 1. The minimum Gasteiger partial charge on any atom is -0.406 e. The van der Waals surface area contributed by atoms with E-state index in [0.717, 1.165) is 22.1 Å². The van der Waals surface area contributed by atoms with Crippen molar-refractivity contribution in [1.82, 2.24) is 4.57 Å². The number of ether oxygens (including phenoxy) is 1. The Morgan fingerprint density at radius 1 is 1.07 bits per heavy atom. The number of halogens is 5. The summed E-state index contributed by atoms with van der Waals surface area (Å²) in [6, 6.07) is 6.57. The second kappa shape index (κ2) is 7.44. The minimum atomic E-state index is -4.73. The Kier molecular flexibility index (Phi) is 5.61. The van der Waals surface area contributed by atoms with E-state index in [9.17, 15) is 13.2 Å². The molecule has 0 spiro atoms. The smallest absolute Gasteiger partial charge is 0.406 e. The maximum atomic E-state index is 12.6. The van der Waals surface area contributed by atoms with Crippen molar-refractivity contribution >= 4 is 34.1 Å². The molecular formula is C22H22Cl2F3NO. The van der Waals surface area contributed by atoms with Crippen molar-refractivity contribution in [2.45, 2.75) is 45.9 Å². The molecule has 29 heavy (non-hydrogen) atoms. The van der Waals surface area contributed by atoms with Gasteiger partial charge in [0.05, 0.1) is 5.52 Å². The van der Waals surface area contributed by atoms with Gasteiger partial charge in [0.15, 0.2) is 0 Å². The molecule has 0 atom stereocenters. The molecule has 0 aliphatic heterocycles. The van der Waals surface area contributed by atoms with Gasteiger partial charge < -0.3 is 9.30 Å². The van der Waals surface area contributed by atoms with Crippen LogP contribution in [-0.2, 0) is 18.9 Å². The zero-order valence-electron chi connectivity index (χ0n) is 16.8. The van der Waals surface area contributed by atoms with Gasteiger partial charge in [0.1, 0.15) is 5.75 Å². The van der Waals surface area contributed by atoms with Gasteiger partial charge in [-0.25, -0.2) is 0 Å². The Labute approximate surface area is 178 Å². The number of fused-ring (bicyclic) bond motifs is 1. The fourth-order valence-electron chi connectivity index (χ4n) is 3.66. The molecule has 0 saturated carbocycles. The molecule has 1 aromatic heterocycles. The number of hydrogen-bond donors (Lipinski definition) is 0. The number of benzene rings is 2. The third kappa shape index (κ3) is 4.51. The quantitative estimate of drug-likeness (QED) is 0.406. The maximum absolute atomic E-state index is 12.6. The van der Waals surface area contributed by atoms with Gasteiger partial charge in [-0.2, -0.15) is 0 Å². The van der Waals surface area contributed by atoms with Gasteiger partial charge in [-0.1, -0.05) is 50.0 Å². The monoisotopic (exact) mass is 443 g/mol. The first-order chi connectivity index (χ1) is 13.3. The van der Waals surface area contributed by atoms with E-state index in [1.54, 1.807) is 18.5 Å². The van der Waals surface area contributed by atoms with Gasteiger partial charge in [-0.15, -0.1) is 13.2 Å². The van der Waals surface area contributed by atoms with Crippen LogP contribution in [0, 0.1) is 6.92 Å². The van der Waals surface area contributed by atoms with Gasteiger partial charge >= 0.3 is 6.36 Å². The summed E-state index contributed by atoms with van der Waals surface area (Å²) in [5.41, 5.74) is 3.94. The van der Waals surface area contributed by atoms with E-state index in [1.807, 2.05) is 18.3 Å². The zero-order chi connectivity index (χ0) is 21.7. The van der Waals surface area contributed by atoms with Crippen LogP contribution in [-0.4, -0.2) is 10.9 Å². The van der Waals surface area contributed by atoms with Gasteiger partial charge in [0, 0.05) is 41.2 Å². The third-order valence-corrected chi connectivity index (χ3v) is 5.72. The van der Waals surface area contributed by atoms with Crippen molar-refractivity contribution in [1.29, 1.82) is 0 Å². The fraction of sp³-hybridized carbons (Fsp3) is 0.364. The number of aromatic nitrogens is 1. The van der Waals surface area contributed by atoms with Gasteiger partial charge in [-0.05, 0) is 46.7 Å². The number of hydrogen-bond acceptors (Lipinski definition) is 1. The standard InChI is InChI=1S/C22H22Cl2F3NO/c1-12-8-14(29-22(25,26)27)10-18-19(12)13(11-28(18)5)9-15-17(23)7-6-16(20(15)24)21(2,3)4/h6-8,10-11H,9H2,1-5H3. The molecule has 0 amide bonds. The lowest BCUT2D eigenvalue weighted by Crippen LogP contribution is -2.17. The Morgan fingerprint density at radius 2 is 1.72 bits per heavy atom. The highest BCUT2D eigenvalue weighted by Gasteiger charge is 2.31. The molecular weight excluding hydrogens is 422 g/mol. The summed E-state index contributed by atoms with van der Waals surface area (Å²) >= 11 is 13.2. The van der Waals surface area contributed by atoms with E-state index in [2.05, 4.69) is 25.5 Å². The van der Waals surface area contributed by atoms with Crippen LogP contribution in [0.1, 0.15) is 43.0 Å². The largest absolute Gasteiger partial charge is 0.573 e. The van der Waals surface area contributed by atoms with E-state index < -0.39 is 6.36 Å². The van der Waals surface area contributed by atoms with E-state index in [0.29, 0.717) is 27.5 Å². The van der Waals surface area contributed by atoms with E-state index >= 15 is 0 Å². The molecule has 3 rings (SSSR count). The SMILES string of the molecule is Cc1cc(OC(F)(F)F)cc2c1c(Cc1c(Cl)ccc(C(C)(C)C)c1Cl)cn2C. The molecule has 1 heterocycles. The molecule has 0 aliphatic carbocycles. The average Bonchev–Trinajstić information content (AvgIpc) is 2.85. The Morgan fingerprint density at radius 3 is 2.31 bits per heavy atom. The van der Waals surface area contributed by atoms with E-state index in [1.165, 1.54) is 12.1 Å². The van der Waals surface area contributed by atoms with Crippen LogP contribution in [0.5, 0.6) is 5.75 Å². The summed E-state index contributed by atoms with van der Waals surface area (Å²) in [5, 5.41) is 2.06. The summed E-state index contributed by atoms with van der Waals surface area (Å²) in [6.07, 6.45) is -2.37. The van der Waals surface area contributed by atoms with E-state index in [-0.39, 0.29) is 11.2 Å². The Balaban J connectivity index is 2.11. The summed E-state index contributed by atoms with van der Waals surface area (Å²) in [7, 11) is 1.79. The fourth-order valence-corrected chi connectivity index (χ4v) is 4.44. The molecule has 0 unspecified atom stereocenters. The maximum Gasteiger partial charge on any atom is 0.573 e. The lowest BCUT2D eigenvalue weighted by Gasteiger charge is -2.23. The first-order valence-corrected chi connectivity index (χ1v) is 9.85. The Bertz CT molecular complexity index is 1080. The first kappa shape index (κ1) is 21.8. The average molecular weight is 444 g/mol. The number of aryl methyl sites for hydroxylation is 2. The van der Waals surface area contributed by atoms with Crippen LogP contribution < -0.4 is 4.74 Å². The molecule has 156 valence electrons. The second-order valence-corrected chi connectivity index (χ2v) is 9.05. The first-order valence-electron chi connectivity index (χ1n) is 9.09. The van der Waals surface area contributed by atoms with Crippen molar-refractivity contribution in [2.75, 3.05) is 0 Å². The summed E-state index contributed by atoms with van der Waals surface area (Å²) in [4.78, 5) is 0. The molecule has 0 radical (unpaired) electrons. The molecule has 0 saturated heterocycles. The third-order valence-electron chi connectivity index (χ3n) is 4.93. The molecule has 0 bridgehead atoms. The topological polar surface area (TPSA) is 14.2 Å². The van der Waals surface area contributed by atoms with Crippen molar-refractivity contribution < 1.29 is 17.9 Å². The highest BCUT2D eigenvalue weighted by molar-refractivity contribution is 6.36. The van der Waals surface area contributed by atoms with Gasteiger partial charge in [-0.3, -0.25) is 0 Å². The molecule has 3 aromatic rings. The lowest BCUT2D eigenvalue weighted by atomic mass is 9.85. The van der Waals surface area contributed by atoms with Gasteiger partial charge in [0.25, 0.3) is 0 Å². The summed E-state index contributed by atoms with van der Waals surface area (Å²) in [6.45, 7) is 8.01. The van der Waals surface area contributed by atoms with Crippen molar-refractivity contribution in [3.63, 3.8) is 0 Å². The molecule has 0 N–H and O–H groups in total. The normalized spacial score (nSPS) is 12.6. The molecule has 0 aliphatic rings. The lowest BCUT2D eigenvalue weighted by molar-refractivity contribution is -0.274. The van der Waals surface area contributed by atoms with Crippen molar-refractivity contribution in [3.05, 3.63) is 62.8 Å². The highest BCUT2D eigenvalue weighted by atomic mass is 35.5. The van der Waals surface area contributed by atoms with Crippen LogP contribution in [0.4, 0.5) is 13.2 Å². The number of rotatable bonds is 3. The van der Waals surface area contributed by atoms with Crippen molar-refractivity contribution in [3.8, 4) is 5.75 Å². The summed E-state index contributed by atoms with van der Waals surface area (Å²) < 4.78 is 43.8. The van der Waals surface area contributed by atoms with Crippen LogP contribution in [0.25, 0.3) is 10.9 Å². The van der Waals surface area contributed by atoms with Gasteiger partial charge in [0.2, 0.25) is 0 Å². The van der Waals surface area contributed by atoms with E-state index in [4.69, 9.17) is 23.2 Å². The Hall–Kier alpha value is -1.85. The molecule has 7 heteroatoms. The number of alkyl halides is 3. The summed E-state index contributed by atoms with van der Waals surface area (Å²) in [5.74, 6) is -0.235. The zero-order valence-corrected chi connectivity index (χ0v) is 18.4. The van der Waals surface area contributed by atoms with Crippen LogP contribution in [0.2, 0.25) is 10.0 Å². The van der Waals surface area contributed by atoms with Crippen LogP contribution >= 0.6 is 23.2 Å². The molecule has 0 fully saturated rings. The van der Waals surface area contributed by atoms with Crippen molar-refractivity contribution in [2.24, 2.45) is 7.05 Å². The van der Waals surface area contributed by atoms with Crippen LogP contribution in [0.3, 0.4) is 0 Å². The predicted molar refractivity (Wildman–Crippen MR) is 112 cm³/mol. The minimum absolute atomic E-state index is 0.144. The molecule has 2 aromatic carbocycles. The van der Waals surface area contributed by atoms with Crippen LogP contribution in [0.15, 0.2) is 30.5 Å².